The minimum Gasteiger partial charge on any atom is -0.483 e. The summed E-state index contributed by atoms with van der Waals surface area (Å²) in [5, 5.41) is 12.9. The van der Waals surface area contributed by atoms with Crippen LogP contribution in [0.1, 0.15) is 54.0 Å². The Bertz CT molecular complexity index is 1740. The first-order chi connectivity index (χ1) is 22.4. The Labute approximate surface area is 271 Å². The van der Waals surface area contributed by atoms with E-state index in [0.717, 1.165) is 42.8 Å². The Morgan fingerprint density at radius 3 is 2.64 bits per heavy atom. The maximum absolute atomic E-state index is 13.6. The second kappa shape index (κ2) is 11.5. The van der Waals surface area contributed by atoms with E-state index in [1.165, 1.54) is 36.8 Å². The van der Waals surface area contributed by atoms with Crippen molar-refractivity contribution >= 4 is 18.0 Å². The van der Waals surface area contributed by atoms with Gasteiger partial charge in [0.15, 0.2) is 11.5 Å². The summed E-state index contributed by atoms with van der Waals surface area (Å²) in [6, 6.07) is 18.2. The van der Waals surface area contributed by atoms with Crippen molar-refractivity contribution < 1.29 is 37.3 Å². The van der Waals surface area contributed by atoms with Crippen molar-refractivity contribution in [1.29, 1.82) is 0 Å². The molecule has 3 aromatic carbocycles. The second-order valence-corrected chi connectivity index (χ2v) is 13.2. The third-order valence-corrected chi connectivity index (χ3v) is 10.8. The van der Waals surface area contributed by atoms with Gasteiger partial charge in [-0.3, -0.25) is 14.5 Å². The highest BCUT2D eigenvalue weighted by Crippen LogP contribution is 2.66. The highest BCUT2D eigenvalue weighted by molar-refractivity contribution is 5.92. The number of likely N-dealkylation sites (N-methyl/N-ethyl adjacent to an activating group) is 1. The average molecular weight is 647 g/mol. The second-order valence-electron chi connectivity index (χ2n) is 13.2. The van der Waals surface area contributed by atoms with Gasteiger partial charge in [0.1, 0.15) is 6.10 Å². The Morgan fingerprint density at radius 1 is 1.11 bits per heavy atom. The van der Waals surface area contributed by atoms with Gasteiger partial charge in [0.05, 0.1) is 22.6 Å². The maximum atomic E-state index is 13.6. The summed E-state index contributed by atoms with van der Waals surface area (Å²) >= 11 is 0. The van der Waals surface area contributed by atoms with E-state index in [-0.39, 0.29) is 17.5 Å². The van der Waals surface area contributed by atoms with Gasteiger partial charge in [-0.15, -0.1) is 0 Å². The molecule has 3 aromatic rings. The van der Waals surface area contributed by atoms with Gasteiger partial charge in [0.2, 0.25) is 5.91 Å². The minimum absolute atomic E-state index is 0.174. The Morgan fingerprint density at radius 2 is 1.89 bits per heavy atom. The van der Waals surface area contributed by atoms with Crippen LogP contribution in [0, 0.1) is 0 Å². The number of ether oxygens (including phenoxy) is 2. The van der Waals surface area contributed by atoms with Crippen LogP contribution in [-0.2, 0) is 34.0 Å². The summed E-state index contributed by atoms with van der Waals surface area (Å²) in [4.78, 5) is 29.6. The monoisotopic (exact) mass is 646 g/mol. The van der Waals surface area contributed by atoms with E-state index in [4.69, 9.17) is 9.47 Å². The Hall–Kier alpha value is -4.15. The molecule has 246 valence electrons. The molecule has 1 spiro atoms. The highest BCUT2D eigenvalue weighted by atomic mass is 19.4. The van der Waals surface area contributed by atoms with Gasteiger partial charge in [-0.1, -0.05) is 48.5 Å². The molecule has 1 N–H and O–H groups in total. The van der Waals surface area contributed by atoms with Crippen LogP contribution in [0.25, 0.3) is 6.08 Å². The van der Waals surface area contributed by atoms with Crippen molar-refractivity contribution in [2.24, 2.45) is 0 Å². The summed E-state index contributed by atoms with van der Waals surface area (Å²) in [5.41, 5.74) is 0.606. The number of rotatable bonds is 7. The van der Waals surface area contributed by atoms with Gasteiger partial charge in [-0.05, 0) is 79.6 Å². The smallest absolute Gasteiger partial charge is 0.416 e. The van der Waals surface area contributed by atoms with E-state index in [2.05, 4.69) is 17.0 Å². The molecule has 0 aromatic heterocycles. The SMILES string of the molecule is CC(=O)Oc1ccc2c3c1OC1C(N(C)C(=O)/C=C/c4cccc(C(F)(F)F)c4)CC[C@@]4(O)[C@@H](C2)N(CCc2ccccc2)CC[C@]314. The number of piperidine rings is 1. The first kappa shape index (κ1) is 31.4. The largest absolute Gasteiger partial charge is 0.483 e. The van der Waals surface area contributed by atoms with Gasteiger partial charge >= 0.3 is 12.1 Å². The van der Waals surface area contributed by atoms with Gasteiger partial charge in [0, 0.05) is 38.2 Å². The molecular weight excluding hydrogens is 609 g/mol. The van der Waals surface area contributed by atoms with Crippen LogP contribution in [0.5, 0.6) is 11.5 Å². The molecule has 2 heterocycles. The quantitative estimate of drug-likeness (QED) is 0.206. The number of carbonyl (C=O) groups is 2. The molecule has 4 aliphatic rings. The molecular formula is C37H37F3N2O5. The van der Waals surface area contributed by atoms with Crippen molar-refractivity contribution in [3.63, 3.8) is 0 Å². The van der Waals surface area contributed by atoms with Gasteiger partial charge in [-0.25, -0.2) is 0 Å². The fourth-order valence-corrected chi connectivity index (χ4v) is 8.68. The molecule has 7 rings (SSSR count). The molecule has 1 saturated carbocycles. The number of amides is 1. The Kier molecular flexibility index (Phi) is 7.71. The zero-order valence-electron chi connectivity index (χ0n) is 26.3. The number of hydrogen-bond acceptors (Lipinski definition) is 6. The van der Waals surface area contributed by atoms with E-state index >= 15 is 0 Å². The third-order valence-electron chi connectivity index (χ3n) is 10.8. The molecule has 47 heavy (non-hydrogen) atoms. The molecule has 1 amide bonds. The molecule has 2 fully saturated rings. The van der Waals surface area contributed by atoms with Crippen LogP contribution in [0.2, 0.25) is 0 Å². The predicted molar refractivity (Wildman–Crippen MR) is 169 cm³/mol. The van der Waals surface area contributed by atoms with E-state index < -0.39 is 40.9 Å². The number of halogens is 3. The van der Waals surface area contributed by atoms with Crippen molar-refractivity contribution in [2.75, 3.05) is 20.1 Å². The van der Waals surface area contributed by atoms with Crippen LogP contribution < -0.4 is 9.47 Å². The van der Waals surface area contributed by atoms with E-state index in [1.54, 1.807) is 18.0 Å². The summed E-state index contributed by atoms with van der Waals surface area (Å²) in [6.45, 7) is 2.83. The molecule has 5 atom stereocenters. The Balaban J connectivity index is 1.22. The number of esters is 1. The third kappa shape index (κ3) is 5.13. The van der Waals surface area contributed by atoms with Gasteiger partial charge in [0.25, 0.3) is 0 Å². The lowest BCUT2D eigenvalue weighted by Crippen LogP contribution is -2.78. The molecule has 0 radical (unpaired) electrons. The number of alkyl halides is 3. The fourth-order valence-electron chi connectivity index (χ4n) is 8.68. The number of likely N-dealkylation sites (tertiary alicyclic amines) is 1. The zero-order chi connectivity index (χ0) is 33.1. The van der Waals surface area contributed by atoms with Crippen LogP contribution in [0.4, 0.5) is 13.2 Å². The molecule has 2 bridgehead atoms. The van der Waals surface area contributed by atoms with E-state index in [1.807, 2.05) is 24.3 Å². The first-order valence-electron chi connectivity index (χ1n) is 16.1. The number of benzene rings is 3. The predicted octanol–water partition coefficient (Wildman–Crippen LogP) is 5.57. The minimum atomic E-state index is -4.49. The summed E-state index contributed by atoms with van der Waals surface area (Å²) in [7, 11) is 1.67. The van der Waals surface area contributed by atoms with Crippen LogP contribution in [0.3, 0.4) is 0 Å². The fraction of sp³-hybridized carbons (Fsp3) is 0.405. The summed E-state index contributed by atoms with van der Waals surface area (Å²) in [6.07, 6.45) is 0.482. The van der Waals surface area contributed by atoms with E-state index in [9.17, 15) is 27.9 Å². The van der Waals surface area contributed by atoms with Crippen molar-refractivity contribution in [3.05, 3.63) is 101 Å². The zero-order valence-corrected chi connectivity index (χ0v) is 26.3. The molecule has 2 unspecified atom stereocenters. The van der Waals surface area contributed by atoms with Crippen LogP contribution >= 0.6 is 0 Å². The number of aliphatic hydroxyl groups is 1. The molecule has 2 aliphatic carbocycles. The lowest BCUT2D eigenvalue weighted by atomic mass is 9.48. The number of hydrogen-bond donors (Lipinski definition) is 1. The maximum Gasteiger partial charge on any atom is 0.416 e. The lowest BCUT2D eigenvalue weighted by molar-refractivity contribution is -0.199. The molecule has 1 saturated heterocycles. The molecule has 10 heteroatoms. The number of carbonyl (C=O) groups excluding carboxylic acids is 2. The van der Waals surface area contributed by atoms with Crippen molar-refractivity contribution in [2.45, 2.75) is 74.4 Å². The van der Waals surface area contributed by atoms with Crippen molar-refractivity contribution in [3.8, 4) is 11.5 Å². The molecule has 7 nitrogen and oxygen atoms in total. The van der Waals surface area contributed by atoms with Crippen LogP contribution in [-0.4, -0.2) is 70.7 Å². The normalized spacial score (nSPS) is 27.7. The van der Waals surface area contributed by atoms with E-state index in [0.29, 0.717) is 37.2 Å². The standard InChI is InChI=1S/C37H37F3N2O5/c1-23(43)46-29-13-12-26-22-30-36(45)17-15-28(41(2)31(44)14-11-25-9-6-10-27(21-25)37(38,39)40)34-35(36,32(26)33(29)47-34)18-20-42(30)19-16-24-7-4-3-5-8-24/h3-14,21,28,30,34,45H,15-20,22H2,1-2H3/b14-11+/t28?,30-,34?,35+,36-/m1/s1. The van der Waals surface area contributed by atoms with Crippen LogP contribution in [0.15, 0.2) is 72.8 Å². The number of nitrogens with zero attached hydrogens (tertiary/aromatic N) is 2. The summed E-state index contributed by atoms with van der Waals surface area (Å²) in [5.74, 6) is -0.128. The highest BCUT2D eigenvalue weighted by Gasteiger charge is 2.73. The lowest BCUT2D eigenvalue weighted by Gasteiger charge is -2.64. The molecule has 2 aliphatic heterocycles. The van der Waals surface area contributed by atoms with Crippen molar-refractivity contribution in [1.82, 2.24) is 9.80 Å². The van der Waals surface area contributed by atoms with Gasteiger partial charge < -0.3 is 19.5 Å². The topological polar surface area (TPSA) is 79.3 Å². The van der Waals surface area contributed by atoms with Gasteiger partial charge in [-0.2, -0.15) is 13.2 Å². The average Bonchev–Trinajstić information content (AvgIpc) is 3.39. The summed E-state index contributed by atoms with van der Waals surface area (Å²) < 4.78 is 52.1. The first-order valence-corrected chi connectivity index (χ1v) is 16.1.